The third-order valence-corrected chi connectivity index (χ3v) is 5.83. The molecule has 0 radical (unpaired) electrons. The first kappa shape index (κ1) is 22.7. The summed E-state index contributed by atoms with van der Waals surface area (Å²) in [6, 6.07) is 6.39. The van der Waals surface area contributed by atoms with Crippen LogP contribution in [0, 0.1) is 20.8 Å². The van der Waals surface area contributed by atoms with Crippen molar-refractivity contribution in [3.05, 3.63) is 51.1 Å². The Labute approximate surface area is 188 Å². The van der Waals surface area contributed by atoms with Crippen molar-refractivity contribution in [1.82, 2.24) is 20.6 Å². The average molecular weight is 511 g/mol. The van der Waals surface area contributed by atoms with Crippen molar-refractivity contribution in [2.45, 2.75) is 40.5 Å². The second-order valence-corrected chi connectivity index (χ2v) is 8.04. The summed E-state index contributed by atoms with van der Waals surface area (Å²) in [6.07, 6.45) is 3.97. The molecule has 0 aliphatic carbocycles. The fourth-order valence-electron chi connectivity index (χ4n) is 3.22. The van der Waals surface area contributed by atoms with Crippen LogP contribution in [-0.2, 0) is 12.8 Å². The lowest BCUT2D eigenvalue weighted by Gasteiger charge is -2.11. The first-order chi connectivity index (χ1) is 13.1. The van der Waals surface area contributed by atoms with Gasteiger partial charge in [0.15, 0.2) is 5.96 Å². The molecule has 0 atom stereocenters. The fourth-order valence-corrected chi connectivity index (χ4v) is 4.14. The van der Waals surface area contributed by atoms with E-state index in [1.807, 2.05) is 0 Å². The molecular weight excluding hydrogens is 481 g/mol. The topological polar surface area (TPSA) is 65.1 Å². The number of benzene rings is 1. The van der Waals surface area contributed by atoms with Crippen molar-refractivity contribution >= 4 is 52.2 Å². The molecule has 0 saturated carbocycles. The van der Waals surface area contributed by atoms with Crippen LogP contribution in [0.25, 0.3) is 10.9 Å². The van der Waals surface area contributed by atoms with Crippen molar-refractivity contribution in [3.63, 3.8) is 0 Å². The molecule has 2 aromatic heterocycles. The van der Waals surface area contributed by atoms with E-state index >= 15 is 0 Å². The van der Waals surface area contributed by atoms with Crippen molar-refractivity contribution in [3.8, 4) is 0 Å². The quantitative estimate of drug-likeness (QED) is 0.249. The van der Waals surface area contributed by atoms with Gasteiger partial charge in [-0.15, -0.1) is 35.3 Å². The van der Waals surface area contributed by atoms with Gasteiger partial charge in [0.25, 0.3) is 0 Å². The standard InChI is InChI=1S/C21H29N5S.HI/c1-5-22-21(24-12-10-19-26-15(3)16(4)27-19)23-11-9-17-13-25-18-8-6-7-14(2)20(17)18;/h6-8,13,25H,5,9-12H2,1-4H3,(H2,22,23,24);1H. The molecule has 0 fully saturated rings. The molecular formula is C21H30IN5S. The largest absolute Gasteiger partial charge is 0.361 e. The highest BCUT2D eigenvalue weighted by Gasteiger charge is 2.07. The Morgan fingerprint density at radius 3 is 2.71 bits per heavy atom. The summed E-state index contributed by atoms with van der Waals surface area (Å²) < 4.78 is 0. The molecule has 28 heavy (non-hydrogen) atoms. The smallest absolute Gasteiger partial charge is 0.191 e. The Hall–Kier alpha value is -1.61. The summed E-state index contributed by atoms with van der Waals surface area (Å²) in [5.41, 5.74) is 5.01. The monoisotopic (exact) mass is 511 g/mol. The second kappa shape index (κ2) is 10.8. The van der Waals surface area contributed by atoms with Gasteiger partial charge in [0, 0.05) is 48.0 Å². The minimum absolute atomic E-state index is 0. The van der Waals surface area contributed by atoms with E-state index in [1.54, 1.807) is 11.3 Å². The van der Waals surface area contributed by atoms with Crippen LogP contribution in [-0.4, -0.2) is 35.6 Å². The molecule has 1 aromatic carbocycles. The number of H-pyrrole nitrogens is 1. The second-order valence-electron chi connectivity index (χ2n) is 6.75. The molecule has 0 aliphatic rings. The lowest BCUT2D eigenvalue weighted by Crippen LogP contribution is -2.38. The van der Waals surface area contributed by atoms with E-state index in [2.05, 4.69) is 72.7 Å². The summed E-state index contributed by atoms with van der Waals surface area (Å²) in [7, 11) is 0. The number of rotatable bonds is 7. The van der Waals surface area contributed by atoms with E-state index < -0.39 is 0 Å². The predicted molar refractivity (Wildman–Crippen MR) is 131 cm³/mol. The minimum atomic E-state index is 0. The van der Waals surface area contributed by atoms with E-state index in [0.717, 1.165) is 44.1 Å². The molecule has 2 heterocycles. The Morgan fingerprint density at radius 2 is 2.00 bits per heavy atom. The van der Waals surface area contributed by atoms with Crippen LogP contribution >= 0.6 is 35.3 Å². The van der Waals surface area contributed by atoms with Crippen molar-refractivity contribution in [1.29, 1.82) is 0 Å². The highest BCUT2D eigenvalue weighted by molar-refractivity contribution is 14.0. The van der Waals surface area contributed by atoms with Gasteiger partial charge in [0.1, 0.15) is 0 Å². The summed E-state index contributed by atoms with van der Waals surface area (Å²) in [6.45, 7) is 10.9. The van der Waals surface area contributed by atoms with E-state index in [9.17, 15) is 0 Å². The van der Waals surface area contributed by atoms with Gasteiger partial charge in [-0.2, -0.15) is 0 Å². The number of fused-ring (bicyclic) bond motifs is 1. The number of nitrogens with one attached hydrogen (secondary N) is 3. The van der Waals surface area contributed by atoms with Gasteiger partial charge >= 0.3 is 0 Å². The zero-order chi connectivity index (χ0) is 19.2. The Morgan fingerprint density at radius 1 is 1.18 bits per heavy atom. The van der Waals surface area contributed by atoms with Crippen LogP contribution in [0.5, 0.6) is 0 Å². The summed E-state index contributed by atoms with van der Waals surface area (Å²) >= 11 is 1.77. The maximum Gasteiger partial charge on any atom is 0.191 e. The number of hydrogen-bond donors (Lipinski definition) is 3. The van der Waals surface area contributed by atoms with Crippen LogP contribution in [0.15, 0.2) is 29.4 Å². The molecule has 0 aliphatic heterocycles. The van der Waals surface area contributed by atoms with E-state index in [4.69, 9.17) is 4.99 Å². The molecule has 152 valence electrons. The number of aromatic nitrogens is 2. The van der Waals surface area contributed by atoms with Crippen molar-refractivity contribution in [2.75, 3.05) is 19.6 Å². The lowest BCUT2D eigenvalue weighted by atomic mass is 10.1. The molecule has 0 unspecified atom stereocenters. The van der Waals surface area contributed by atoms with Gasteiger partial charge in [-0.05, 0) is 51.3 Å². The number of guanidine groups is 1. The van der Waals surface area contributed by atoms with Gasteiger partial charge in [0.2, 0.25) is 0 Å². The van der Waals surface area contributed by atoms with Crippen molar-refractivity contribution < 1.29 is 0 Å². The maximum absolute atomic E-state index is 4.70. The van der Waals surface area contributed by atoms with Gasteiger partial charge in [-0.25, -0.2) is 4.98 Å². The highest BCUT2D eigenvalue weighted by atomic mass is 127. The summed E-state index contributed by atoms with van der Waals surface area (Å²) in [4.78, 5) is 14.0. The molecule has 0 spiro atoms. The minimum Gasteiger partial charge on any atom is -0.361 e. The zero-order valence-electron chi connectivity index (χ0n) is 17.1. The molecule has 3 N–H and O–H groups in total. The number of halogens is 1. The number of hydrogen-bond acceptors (Lipinski definition) is 3. The first-order valence-electron chi connectivity index (χ1n) is 9.59. The van der Waals surface area contributed by atoms with E-state index in [-0.39, 0.29) is 24.0 Å². The lowest BCUT2D eigenvalue weighted by molar-refractivity contribution is 0.797. The summed E-state index contributed by atoms with van der Waals surface area (Å²) in [5.74, 6) is 0.874. The molecule has 0 saturated heterocycles. The van der Waals surface area contributed by atoms with Gasteiger partial charge in [-0.3, -0.25) is 4.99 Å². The molecule has 3 aromatic rings. The average Bonchev–Trinajstić information content (AvgIpc) is 3.19. The number of nitrogens with zero attached hydrogens (tertiary/aromatic N) is 2. The van der Waals surface area contributed by atoms with E-state index in [1.165, 1.54) is 31.9 Å². The Bertz CT molecular complexity index is 909. The molecule has 0 amide bonds. The van der Waals surface area contributed by atoms with Gasteiger partial charge < -0.3 is 15.6 Å². The van der Waals surface area contributed by atoms with Crippen LogP contribution in [0.3, 0.4) is 0 Å². The zero-order valence-corrected chi connectivity index (χ0v) is 20.2. The normalized spacial score (nSPS) is 11.5. The number of thiazole rings is 1. The first-order valence-corrected chi connectivity index (χ1v) is 10.4. The number of aliphatic imine (C=N–C) groups is 1. The third-order valence-electron chi connectivity index (χ3n) is 4.70. The van der Waals surface area contributed by atoms with Crippen molar-refractivity contribution in [2.24, 2.45) is 4.99 Å². The molecule has 0 bridgehead atoms. The maximum atomic E-state index is 4.70. The molecule has 7 heteroatoms. The Balaban J connectivity index is 0.00000280. The van der Waals surface area contributed by atoms with E-state index in [0.29, 0.717) is 0 Å². The van der Waals surface area contributed by atoms with Crippen LogP contribution in [0.4, 0.5) is 0 Å². The Kier molecular flexibility index (Phi) is 8.75. The number of aromatic amines is 1. The predicted octanol–water partition coefficient (Wildman–Crippen LogP) is 4.51. The van der Waals surface area contributed by atoms with Crippen LogP contribution in [0.1, 0.15) is 33.6 Å². The van der Waals surface area contributed by atoms with Crippen LogP contribution < -0.4 is 10.6 Å². The summed E-state index contributed by atoms with van der Waals surface area (Å²) in [5, 5.41) is 9.29. The third kappa shape index (κ3) is 5.70. The highest BCUT2D eigenvalue weighted by Crippen LogP contribution is 2.22. The fraction of sp³-hybridized carbons (Fsp3) is 0.429. The molecule has 5 nitrogen and oxygen atoms in total. The van der Waals surface area contributed by atoms with Crippen LogP contribution in [0.2, 0.25) is 0 Å². The number of aryl methyl sites for hydroxylation is 3. The SMILES string of the molecule is CCNC(=NCCc1nc(C)c(C)s1)NCCc1c[nH]c2cccc(C)c12.I. The van der Waals surface area contributed by atoms with Gasteiger partial charge in [0.05, 0.1) is 10.7 Å². The van der Waals surface area contributed by atoms with Gasteiger partial charge in [-0.1, -0.05) is 12.1 Å². The molecule has 3 rings (SSSR count).